The molecule has 0 fully saturated rings. The first-order chi connectivity index (χ1) is 12.7. The number of rotatable bonds is 4. The van der Waals surface area contributed by atoms with Crippen molar-refractivity contribution in [2.24, 2.45) is 0 Å². The summed E-state index contributed by atoms with van der Waals surface area (Å²) in [6.07, 6.45) is 3.05. The van der Waals surface area contributed by atoms with E-state index in [-0.39, 0.29) is 5.28 Å². The third kappa shape index (κ3) is 2.93. The maximum absolute atomic E-state index is 12.3. The number of carbonyl (C=O) groups is 1. The minimum Gasteiger partial charge on any atom is -0.462 e. The van der Waals surface area contributed by atoms with Crippen LogP contribution in [0.15, 0.2) is 36.8 Å². The van der Waals surface area contributed by atoms with E-state index < -0.39 is 5.97 Å². The Kier molecular flexibility index (Phi) is 4.36. The van der Waals surface area contributed by atoms with Crippen LogP contribution < -0.4 is 0 Å². The molecule has 0 amide bonds. The standard InChI is InChI=1S/C17H12ClN5O2S/c1-2-25-16(24)11-7-19-14-12(11)13(20-8-21-14)9-4-3-5-10(6-9)15-22-17(18)23-26-15/h3-8H,2H2,1H3,(H,19,20,21). The quantitative estimate of drug-likeness (QED) is 0.534. The SMILES string of the molecule is CCOC(=O)c1c[nH]c2ncnc(-c3cccc(-c4nc(Cl)ns4)c3)c12. The number of nitrogens with one attached hydrogen (secondary N) is 1. The van der Waals surface area contributed by atoms with E-state index in [2.05, 4.69) is 24.3 Å². The van der Waals surface area contributed by atoms with Crippen LogP contribution >= 0.6 is 23.1 Å². The van der Waals surface area contributed by atoms with Gasteiger partial charge < -0.3 is 9.72 Å². The van der Waals surface area contributed by atoms with Crippen molar-refractivity contribution in [2.75, 3.05) is 6.61 Å². The smallest absolute Gasteiger partial charge is 0.340 e. The van der Waals surface area contributed by atoms with Crippen LogP contribution in [0.25, 0.3) is 32.9 Å². The number of benzene rings is 1. The van der Waals surface area contributed by atoms with Crippen molar-refractivity contribution < 1.29 is 9.53 Å². The van der Waals surface area contributed by atoms with Crippen LogP contribution in [0.3, 0.4) is 0 Å². The Labute approximate surface area is 157 Å². The van der Waals surface area contributed by atoms with Crippen LogP contribution in [0.5, 0.6) is 0 Å². The molecule has 0 aliphatic rings. The average molecular weight is 386 g/mol. The molecule has 0 aliphatic heterocycles. The average Bonchev–Trinajstić information content (AvgIpc) is 3.28. The third-order valence-electron chi connectivity index (χ3n) is 3.75. The minimum atomic E-state index is -0.415. The van der Waals surface area contributed by atoms with Gasteiger partial charge in [-0.05, 0) is 36.1 Å². The van der Waals surface area contributed by atoms with Crippen LogP contribution in [0.1, 0.15) is 17.3 Å². The van der Waals surface area contributed by atoms with Crippen LogP contribution in [0.2, 0.25) is 5.28 Å². The lowest BCUT2D eigenvalue weighted by atomic mass is 10.0. The predicted molar refractivity (Wildman–Crippen MR) is 99.2 cm³/mol. The molecule has 0 radical (unpaired) electrons. The summed E-state index contributed by atoms with van der Waals surface area (Å²) in [5, 5.41) is 1.55. The van der Waals surface area contributed by atoms with Crippen molar-refractivity contribution in [3.05, 3.63) is 47.6 Å². The predicted octanol–water partition coefficient (Wildman–Crippen LogP) is 3.97. The van der Waals surface area contributed by atoms with E-state index in [1.807, 2.05) is 24.3 Å². The van der Waals surface area contributed by atoms with E-state index in [1.165, 1.54) is 17.9 Å². The molecule has 7 nitrogen and oxygen atoms in total. The molecule has 1 aromatic carbocycles. The lowest BCUT2D eigenvalue weighted by Gasteiger charge is -2.06. The molecule has 0 saturated heterocycles. The van der Waals surface area contributed by atoms with Gasteiger partial charge in [0.1, 0.15) is 17.0 Å². The molecular formula is C17H12ClN5O2S. The van der Waals surface area contributed by atoms with Gasteiger partial charge in [0.05, 0.1) is 23.3 Å². The Hall–Kier alpha value is -2.84. The highest BCUT2D eigenvalue weighted by Gasteiger charge is 2.19. The van der Waals surface area contributed by atoms with Crippen molar-refractivity contribution in [3.63, 3.8) is 0 Å². The van der Waals surface area contributed by atoms with Crippen molar-refractivity contribution in [3.8, 4) is 21.8 Å². The summed E-state index contributed by atoms with van der Waals surface area (Å²) in [5.41, 5.74) is 3.30. The normalized spacial score (nSPS) is 11.0. The van der Waals surface area contributed by atoms with Crippen molar-refractivity contribution in [1.29, 1.82) is 0 Å². The lowest BCUT2D eigenvalue weighted by molar-refractivity contribution is 0.0528. The van der Waals surface area contributed by atoms with E-state index in [0.29, 0.717) is 33.9 Å². The van der Waals surface area contributed by atoms with Crippen molar-refractivity contribution >= 4 is 40.1 Å². The number of ether oxygens (including phenoxy) is 1. The Balaban J connectivity index is 1.87. The largest absolute Gasteiger partial charge is 0.462 e. The number of hydrogen-bond acceptors (Lipinski definition) is 7. The van der Waals surface area contributed by atoms with Gasteiger partial charge in [-0.25, -0.2) is 19.7 Å². The molecule has 0 saturated carbocycles. The molecule has 0 bridgehead atoms. The van der Waals surface area contributed by atoms with Gasteiger partial charge in [0.25, 0.3) is 0 Å². The number of nitrogens with zero attached hydrogens (tertiary/aromatic N) is 4. The molecular weight excluding hydrogens is 374 g/mol. The number of carbonyl (C=O) groups excluding carboxylic acids is 1. The molecule has 3 aromatic heterocycles. The number of esters is 1. The van der Waals surface area contributed by atoms with E-state index in [1.54, 1.807) is 13.1 Å². The fourth-order valence-electron chi connectivity index (χ4n) is 2.67. The highest BCUT2D eigenvalue weighted by Crippen LogP contribution is 2.32. The number of halogens is 1. The summed E-state index contributed by atoms with van der Waals surface area (Å²) in [5.74, 6) is -0.415. The first-order valence-electron chi connectivity index (χ1n) is 7.76. The summed E-state index contributed by atoms with van der Waals surface area (Å²) in [7, 11) is 0. The molecule has 4 aromatic rings. The second-order valence-corrected chi connectivity index (χ2v) is 6.41. The van der Waals surface area contributed by atoms with Gasteiger partial charge in [-0.1, -0.05) is 18.2 Å². The summed E-state index contributed by atoms with van der Waals surface area (Å²) >= 11 is 7.05. The minimum absolute atomic E-state index is 0.218. The van der Waals surface area contributed by atoms with E-state index in [4.69, 9.17) is 16.3 Å². The lowest BCUT2D eigenvalue weighted by Crippen LogP contribution is -2.04. The Morgan fingerprint density at radius 1 is 1.31 bits per heavy atom. The zero-order valence-electron chi connectivity index (χ0n) is 13.6. The van der Waals surface area contributed by atoms with Crippen LogP contribution in [0.4, 0.5) is 0 Å². The summed E-state index contributed by atoms with van der Waals surface area (Å²) in [6, 6.07) is 7.66. The maximum atomic E-state index is 12.3. The Morgan fingerprint density at radius 3 is 2.92 bits per heavy atom. The molecule has 26 heavy (non-hydrogen) atoms. The topological polar surface area (TPSA) is 93.7 Å². The fraction of sp³-hybridized carbons (Fsp3) is 0.118. The summed E-state index contributed by atoms with van der Waals surface area (Å²) < 4.78 is 9.13. The monoisotopic (exact) mass is 385 g/mol. The van der Waals surface area contributed by atoms with Gasteiger partial charge in [-0.2, -0.15) is 4.37 Å². The number of aromatic nitrogens is 5. The third-order valence-corrected chi connectivity index (χ3v) is 4.78. The number of aromatic amines is 1. The van der Waals surface area contributed by atoms with E-state index in [0.717, 1.165) is 11.1 Å². The van der Waals surface area contributed by atoms with Crippen molar-refractivity contribution in [1.82, 2.24) is 24.3 Å². The molecule has 130 valence electrons. The van der Waals surface area contributed by atoms with Gasteiger partial charge in [0.2, 0.25) is 5.28 Å². The van der Waals surface area contributed by atoms with Gasteiger partial charge in [-0.3, -0.25) is 0 Å². The fourth-order valence-corrected chi connectivity index (χ4v) is 3.47. The maximum Gasteiger partial charge on any atom is 0.340 e. The molecule has 1 N–H and O–H groups in total. The molecule has 0 spiro atoms. The van der Waals surface area contributed by atoms with Crippen LogP contribution in [0, 0.1) is 0 Å². The van der Waals surface area contributed by atoms with Gasteiger partial charge in [0.15, 0.2) is 0 Å². The molecule has 9 heteroatoms. The number of fused-ring (bicyclic) bond motifs is 1. The van der Waals surface area contributed by atoms with Crippen LogP contribution in [-0.2, 0) is 4.74 Å². The first-order valence-corrected chi connectivity index (χ1v) is 8.91. The Bertz CT molecular complexity index is 1110. The zero-order valence-corrected chi connectivity index (χ0v) is 15.1. The molecule has 0 atom stereocenters. The number of H-pyrrole nitrogens is 1. The molecule has 3 heterocycles. The molecule has 4 rings (SSSR count). The molecule has 0 unspecified atom stereocenters. The van der Waals surface area contributed by atoms with Crippen LogP contribution in [-0.4, -0.2) is 36.9 Å². The first kappa shape index (κ1) is 16.6. The van der Waals surface area contributed by atoms with E-state index in [9.17, 15) is 4.79 Å². The zero-order chi connectivity index (χ0) is 18.1. The summed E-state index contributed by atoms with van der Waals surface area (Å²) in [6.45, 7) is 2.06. The van der Waals surface area contributed by atoms with Gasteiger partial charge in [0, 0.05) is 17.3 Å². The highest BCUT2D eigenvalue weighted by molar-refractivity contribution is 7.09. The van der Waals surface area contributed by atoms with E-state index >= 15 is 0 Å². The second-order valence-electron chi connectivity index (χ2n) is 5.32. The Morgan fingerprint density at radius 2 is 2.15 bits per heavy atom. The summed E-state index contributed by atoms with van der Waals surface area (Å²) in [4.78, 5) is 28.1. The van der Waals surface area contributed by atoms with Gasteiger partial charge >= 0.3 is 5.97 Å². The highest BCUT2D eigenvalue weighted by atomic mass is 35.5. The van der Waals surface area contributed by atoms with Crippen molar-refractivity contribution in [2.45, 2.75) is 6.92 Å². The van der Waals surface area contributed by atoms with Gasteiger partial charge in [-0.15, -0.1) is 0 Å². The second kappa shape index (κ2) is 6.81. The number of hydrogen-bond donors (Lipinski definition) is 1. The molecule has 0 aliphatic carbocycles.